The first-order valence-corrected chi connectivity index (χ1v) is 13.7. The molecular formula is C30H29Cl2N3O7. The van der Waals surface area contributed by atoms with Crippen LogP contribution in [-0.2, 0) is 30.3 Å². The minimum Gasteiger partial charge on any atom is -0.492 e. The summed E-state index contributed by atoms with van der Waals surface area (Å²) in [5.41, 5.74) is 2.07. The smallest absolute Gasteiger partial charge is 0.338 e. The number of hydrogen-bond donors (Lipinski definition) is 1. The molecule has 12 heteroatoms. The number of benzene rings is 2. The highest BCUT2D eigenvalue weighted by Gasteiger charge is 2.39. The summed E-state index contributed by atoms with van der Waals surface area (Å²) >= 11 is 12.8. The molecule has 1 aliphatic rings. The average molecular weight is 614 g/mol. The van der Waals surface area contributed by atoms with Crippen molar-refractivity contribution in [3.8, 4) is 5.75 Å². The van der Waals surface area contributed by atoms with E-state index in [1.54, 1.807) is 68.8 Å². The van der Waals surface area contributed by atoms with Crippen LogP contribution in [0.15, 0.2) is 83.7 Å². The van der Waals surface area contributed by atoms with E-state index >= 15 is 0 Å². The zero-order valence-electron chi connectivity index (χ0n) is 23.2. The van der Waals surface area contributed by atoms with Crippen LogP contribution in [0.1, 0.15) is 35.7 Å². The second-order valence-corrected chi connectivity index (χ2v) is 10.0. The topological polar surface area (TPSA) is 118 Å². The van der Waals surface area contributed by atoms with Crippen molar-refractivity contribution in [2.45, 2.75) is 26.3 Å². The number of nitrogens with zero attached hydrogens (tertiary/aromatic N) is 2. The Labute approximate surface area is 252 Å². The highest BCUT2D eigenvalue weighted by Crippen LogP contribution is 2.43. The molecule has 1 N–H and O–H groups in total. The van der Waals surface area contributed by atoms with E-state index in [0.29, 0.717) is 41.4 Å². The maximum atomic E-state index is 13.3. The van der Waals surface area contributed by atoms with Crippen LogP contribution in [-0.4, -0.2) is 54.4 Å². The molecular weight excluding hydrogens is 585 g/mol. The van der Waals surface area contributed by atoms with Gasteiger partial charge >= 0.3 is 17.9 Å². The lowest BCUT2D eigenvalue weighted by atomic mass is 9.80. The number of allylic oxidation sites excluding steroid dienone is 2. The fraction of sp³-hybridized carbons (Fsp3) is 0.267. The Hall–Kier alpha value is -4.28. The third-order valence-corrected chi connectivity index (χ3v) is 7.33. The number of aromatic nitrogens is 2. The summed E-state index contributed by atoms with van der Waals surface area (Å²) in [5.74, 6) is -2.23. The Kier molecular flexibility index (Phi) is 10.3. The number of hydrogen-bond acceptors (Lipinski definition) is 9. The van der Waals surface area contributed by atoms with Gasteiger partial charge < -0.3 is 28.8 Å². The van der Waals surface area contributed by atoms with Crippen molar-refractivity contribution in [3.63, 3.8) is 0 Å². The van der Waals surface area contributed by atoms with Gasteiger partial charge in [-0.15, -0.1) is 0 Å². The molecule has 220 valence electrons. The number of halogens is 2. The van der Waals surface area contributed by atoms with Gasteiger partial charge in [0.15, 0.2) is 0 Å². The van der Waals surface area contributed by atoms with Gasteiger partial charge in [-0.1, -0.05) is 35.3 Å². The molecule has 2 heterocycles. The van der Waals surface area contributed by atoms with E-state index in [1.807, 2.05) is 10.8 Å². The highest BCUT2D eigenvalue weighted by molar-refractivity contribution is 6.42. The number of dihydropyridines is 1. The van der Waals surface area contributed by atoms with Crippen LogP contribution < -0.4 is 10.1 Å². The van der Waals surface area contributed by atoms with Gasteiger partial charge in [-0.3, -0.25) is 0 Å². The van der Waals surface area contributed by atoms with Crippen LogP contribution in [0.4, 0.5) is 0 Å². The average Bonchev–Trinajstić information content (AvgIpc) is 3.50. The predicted octanol–water partition coefficient (Wildman–Crippen LogP) is 5.08. The van der Waals surface area contributed by atoms with Crippen LogP contribution in [0, 0.1) is 0 Å². The van der Waals surface area contributed by atoms with Gasteiger partial charge in [-0.25, -0.2) is 19.4 Å². The van der Waals surface area contributed by atoms with Crippen molar-refractivity contribution in [1.29, 1.82) is 0 Å². The van der Waals surface area contributed by atoms with Crippen molar-refractivity contribution < 1.29 is 33.3 Å². The van der Waals surface area contributed by atoms with Crippen LogP contribution in [0.3, 0.4) is 0 Å². The van der Waals surface area contributed by atoms with Gasteiger partial charge in [0.1, 0.15) is 25.6 Å². The van der Waals surface area contributed by atoms with E-state index in [9.17, 15) is 14.4 Å². The SMILES string of the molecule is COC(=O)C1=C(C)NC(C)=C(C(=O)OCCOC(=O)c2ccc(OCCn3ccnc3)cc2)C1c1cccc(Cl)c1Cl. The lowest BCUT2D eigenvalue weighted by Gasteiger charge is -2.30. The molecule has 0 aliphatic carbocycles. The maximum absolute atomic E-state index is 13.3. The lowest BCUT2D eigenvalue weighted by Crippen LogP contribution is -2.32. The molecule has 0 amide bonds. The standard InChI is InChI=1S/C30H29Cl2N3O7/c1-18-24(29(37)39-3)26(22-5-4-6-23(31)27(22)32)25(19(2)34-18)30(38)42-16-15-41-28(36)20-7-9-21(10-8-20)40-14-13-35-12-11-33-17-35/h4-12,17,26,34H,13-16H2,1-3H3. The molecule has 1 aromatic heterocycles. The zero-order valence-corrected chi connectivity index (χ0v) is 24.7. The van der Waals surface area contributed by atoms with Crippen molar-refractivity contribution in [3.05, 3.63) is 105 Å². The number of carbonyl (C=O) groups is 3. The van der Waals surface area contributed by atoms with Gasteiger partial charge in [0.25, 0.3) is 0 Å². The van der Waals surface area contributed by atoms with Crippen LogP contribution >= 0.6 is 23.2 Å². The third-order valence-electron chi connectivity index (χ3n) is 6.50. The van der Waals surface area contributed by atoms with Gasteiger partial charge in [0.2, 0.25) is 0 Å². The van der Waals surface area contributed by atoms with E-state index in [4.69, 9.17) is 42.1 Å². The minimum atomic E-state index is -0.902. The number of nitrogens with one attached hydrogen (secondary N) is 1. The van der Waals surface area contributed by atoms with Crippen molar-refractivity contribution in [1.82, 2.24) is 14.9 Å². The highest BCUT2D eigenvalue weighted by atomic mass is 35.5. The predicted molar refractivity (Wildman–Crippen MR) is 155 cm³/mol. The second-order valence-electron chi connectivity index (χ2n) is 9.22. The Morgan fingerprint density at radius 3 is 2.21 bits per heavy atom. The van der Waals surface area contributed by atoms with Crippen LogP contribution in [0.5, 0.6) is 5.75 Å². The van der Waals surface area contributed by atoms with Crippen molar-refractivity contribution in [2.24, 2.45) is 0 Å². The fourth-order valence-corrected chi connectivity index (χ4v) is 4.92. The fourth-order valence-electron chi connectivity index (χ4n) is 4.50. The summed E-state index contributed by atoms with van der Waals surface area (Å²) in [5, 5.41) is 3.51. The maximum Gasteiger partial charge on any atom is 0.338 e. The van der Waals surface area contributed by atoms with Gasteiger partial charge in [-0.05, 0) is 49.7 Å². The van der Waals surface area contributed by atoms with Gasteiger partial charge in [0, 0.05) is 23.8 Å². The van der Waals surface area contributed by atoms with E-state index in [0.717, 1.165) is 0 Å². The first-order valence-electron chi connectivity index (χ1n) is 12.9. The number of carbonyl (C=O) groups excluding carboxylic acids is 3. The molecule has 3 aromatic rings. The number of methoxy groups -OCH3 is 1. The second kappa shape index (κ2) is 14.1. The summed E-state index contributed by atoms with van der Waals surface area (Å²) in [6, 6.07) is 11.5. The molecule has 2 aromatic carbocycles. The Balaban J connectivity index is 1.36. The summed E-state index contributed by atoms with van der Waals surface area (Å²) < 4.78 is 23.3. The Morgan fingerprint density at radius 2 is 1.57 bits per heavy atom. The molecule has 1 aliphatic heterocycles. The largest absolute Gasteiger partial charge is 0.492 e. The number of ether oxygens (including phenoxy) is 4. The monoisotopic (exact) mass is 613 g/mol. The molecule has 42 heavy (non-hydrogen) atoms. The normalized spacial score (nSPS) is 14.7. The number of rotatable bonds is 11. The molecule has 0 radical (unpaired) electrons. The molecule has 1 atom stereocenters. The molecule has 4 rings (SSSR count). The number of imidazole rings is 1. The first-order chi connectivity index (χ1) is 20.2. The Bertz CT molecular complexity index is 1520. The van der Waals surface area contributed by atoms with Crippen LogP contribution in [0.25, 0.3) is 0 Å². The van der Waals surface area contributed by atoms with E-state index in [2.05, 4.69) is 10.3 Å². The van der Waals surface area contributed by atoms with Gasteiger partial charge in [0.05, 0.1) is 52.7 Å². The first kappa shape index (κ1) is 30.7. The Morgan fingerprint density at radius 1 is 0.905 bits per heavy atom. The minimum absolute atomic E-state index is 0.153. The number of esters is 3. The van der Waals surface area contributed by atoms with E-state index < -0.39 is 23.8 Å². The lowest BCUT2D eigenvalue weighted by molar-refractivity contribution is -0.140. The molecule has 10 nitrogen and oxygen atoms in total. The molecule has 0 saturated carbocycles. The summed E-state index contributed by atoms with van der Waals surface area (Å²) in [6.07, 6.45) is 5.24. The van der Waals surface area contributed by atoms with Crippen molar-refractivity contribution >= 4 is 41.1 Å². The summed E-state index contributed by atoms with van der Waals surface area (Å²) in [7, 11) is 1.25. The molecule has 0 saturated heterocycles. The summed E-state index contributed by atoms with van der Waals surface area (Å²) in [4.78, 5) is 42.6. The van der Waals surface area contributed by atoms with E-state index in [-0.39, 0.29) is 34.4 Å². The van der Waals surface area contributed by atoms with E-state index in [1.165, 1.54) is 7.11 Å². The van der Waals surface area contributed by atoms with Gasteiger partial charge in [-0.2, -0.15) is 0 Å². The molecule has 0 spiro atoms. The molecule has 0 fully saturated rings. The quantitative estimate of drug-likeness (QED) is 0.179. The molecule has 1 unspecified atom stereocenters. The van der Waals surface area contributed by atoms with Crippen LogP contribution in [0.2, 0.25) is 10.0 Å². The summed E-state index contributed by atoms with van der Waals surface area (Å²) in [6.45, 7) is 4.06. The molecule has 0 bridgehead atoms. The third kappa shape index (κ3) is 7.13. The van der Waals surface area contributed by atoms with Crippen molar-refractivity contribution in [2.75, 3.05) is 26.9 Å². The zero-order chi connectivity index (χ0) is 30.2.